The van der Waals surface area contributed by atoms with Crippen LogP contribution in [0.1, 0.15) is 25.0 Å². The van der Waals surface area contributed by atoms with Gasteiger partial charge in [0.15, 0.2) is 11.5 Å². The van der Waals surface area contributed by atoms with E-state index in [2.05, 4.69) is 0 Å². The number of carbonyl (C=O) groups is 3. The predicted octanol–water partition coefficient (Wildman–Crippen LogP) is 5.57. The van der Waals surface area contributed by atoms with E-state index < -0.39 is 23.7 Å². The zero-order valence-corrected chi connectivity index (χ0v) is 20.3. The summed E-state index contributed by atoms with van der Waals surface area (Å²) in [6.07, 6.45) is 1.57. The van der Waals surface area contributed by atoms with Crippen molar-refractivity contribution in [2.45, 2.75) is 20.5 Å². The Bertz CT molecular complexity index is 1100. The zero-order valence-electron chi connectivity index (χ0n) is 17.9. The van der Waals surface area contributed by atoms with E-state index in [-0.39, 0.29) is 18.1 Å². The van der Waals surface area contributed by atoms with Crippen molar-refractivity contribution in [1.29, 1.82) is 0 Å². The maximum atomic E-state index is 12.6. The van der Waals surface area contributed by atoms with E-state index in [0.717, 1.165) is 22.2 Å². The summed E-state index contributed by atoms with van der Waals surface area (Å²) in [5.74, 6) is -0.188. The third kappa shape index (κ3) is 6.43. The first-order valence-electron chi connectivity index (χ1n) is 10.1. The van der Waals surface area contributed by atoms with Crippen LogP contribution in [0.15, 0.2) is 41.3 Å². The lowest BCUT2D eigenvalue weighted by molar-refractivity contribution is -0.145. The third-order valence-corrected chi connectivity index (χ3v) is 6.06. The molecule has 0 radical (unpaired) electrons. The highest BCUT2D eigenvalue weighted by molar-refractivity contribution is 8.18. The van der Waals surface area contributed by atoms with Gasteiger partial charge in [-0.15, -0.1) is 0 Å². The van der Waals surface area contributed by atoms with Gasteiger partial charge in [-0.25, -0.2) is 0 Å². The molecule has 0 unspecified atom stereocenters. The Morgan fingerprint density at radius 2 is 1.79 bits per heavy atom. The van der Waals surface area contributed by atoms with Gasteiger partial charge in [-0.3, -0.25) is 19.3 Å². The van der Waals surface area contributed by atoms with Gasteiger partial charge in [0.1, 0.15) is 13.2 Å². The summed E-state index contributed by atoms with van der Waals surface area (Å²) in [6, 6.07) is 10.4. The number of esters is 1. The second-order valence-corrected chi connectivity index (χ2v) is 8.56. The van der Waals surface area contributed by atoms with Crippen LogP contribution in [0.5, 0.6) is 11.5 Å². The summed E-state index contributed by atoms with van der Waals surface area (Å²) in [5, 5.41) is 0.382. The highest BCUT2D eigenvalue weighted by Crippen LogP contribution is 2.35. The molecule has 174 valence electrons. The first kappa shape index (κ1) is 25.0. The number of imide groups is 1. The summed E-state index contributed by atoms with van der Waals surface area (Å²) in [4.78, 5) is 37.5. The van der Waals surface area contributed by atoms with Gasteiger partial charge < -0.3 is 14.2 Å². The SMILES string of the molecule is CCOC(=O)CN1C(=O)S/C(=C\c2ccc(OCc3ccc(Cl)c(Cl)c3)c(OCC)c2)C1=O. The molecule has 0 aromatic heterocycles. The number of benzene rings is 2. The van der Waals surface area contributed by atoms with Crippen LogP contribution in [0.2, 0.25) is 10.0 Å². The number of carbonyl (C=O) groups excluding carboxylic acids is 3. The molecule has 0 bridgehead atoms. The molecule has 1 fully saturated rings. The maximum Gasteiger partial charge on any atom is 0.326 e. The van der Waals surface area contributed by atoms with Crippen LogP contribution in [0.4, 0.5) is 4.79 Å². The lowest BCUT2D eigenvalue weighted by Gasteiger charge is -2.13. The standard InChI is InChI=1S/C23H21Cl2NO6S/c1-3-30-19-10-14(6-8-18(19)32-13-15-5-7-16(24)17(25)9-15)11-20-22(28)26(23(29)33-20)12-21(27)31-4-2/h5-11H,3-4,12-13H2,1-2H3/b20-11-. The maximum absolute atomic E-state index is 12.6. The van der Waals surface area contributed by atoms with E-state index in [4.69, 9.17) is 37.4 Å². The summed E-state index contributed by atoms with van der Waals surface area (Å²) in [5.41, 5.74) is 1.48. The summed E-state index contributed by atoms with van der Waals surface area (Å²) < 4.78 is 16.4. The molecule has 7 nitrogen and oxygen atoms in total. The number of nitrogens with zero attached hydrogens (tertiary/aromatic N) is 1. The molecule has 1 heterocycles. The first-order valence-corrected chi connectivity index (χ1v) is 11.6. The number of halogens is 2. The summed E-state index contributed by atoms with van der Waals surface area (Å²) in [6.45, 7) is 3.91. The van der Waals surface area contributed by atoms with Crippen LogP contribution < -0.4 is 9.47 Å². The van der Waals surface area contributed by atoms with E-state index in [1.807, 2.05) is 13.0 Å². The fourth-order valence-electron chi connectivity index (χ4n) is 2.92. The van der Waals surface area contributed by atoms with Crippen molar-refractivity contribution in [3.8, 4) is 11.5 Å². The van der Waals surface area contributed by atoms with Crippen molar-refractivity contribution >= 4 is 58.2 Å². The Morgan fingerprint density at radius 1 is 1.00 bits per heavy atom. The first-order chi connectivity index (χ1) is 15.8. The van der Waals surface area contributed by atoms with E-state index >= 15 is 0 Å². The van der Waals surface area contributed by atoms with Gasteiger partial charge in [-0.05, 0) is 67.1 Å². The molecule has 0 aliphatic carbocycles. The molecule has 1 aliphatic heterocycles. The largest absolute Gasteiger partial charge is 0.490 e. The topological polar surface area (TPSA) is 82.1 Å². The van der Waals surface area contributed by atoms with Crippen LogP contribution in [0, 0.1) is 0 Å². The molecule has 0 atom stereocenters. The zero-order chi connectivity index (χ0) is 24.0. The third-order valence-electron chi connectivity index (χ3n) is 4.41. The van der Waals surface area contributed by atoms with Crippen LogP contribution in [0.3, 0.4) is 0 Å². The average Bonchev–Trinajstić information content (AvgIpc) is 3.03. The van der Waals surface area contributed by atoms with Crippen molar-refractivity contribution in [1.82, 2.24) is 4.90 Å². The minimum Gasteiger partial charge on any atom is -0.490 e. The molecular weight excluding hydrogens is 489 g/mol. The lowest BCUT2D eigenvalue weighted by Crippen LogP contribution is -2.34. The highest BCUT2D eigenvalue weighted by atomic mass is 35.5. The molecule has 10 heteroatoms. The van der Waals surface area contributed by atoms with E-state index in [1.54, 1.807) is 43.3 Å². The van der Waals surface area contributed by atoms with E-state index in [9.17, 15) is 14.4 Å². The quantitative estimate of drug-likeness (QED) is 0.322. The van der Waals surface area contributed by atoms with Crippen LogP contribution in [0.25, 0.3) is 6.08 Å². The molecule has 2 aromatic carbocycles. The van der Waals surface area contributed by atoms with Gasteiger partial charge in [-0.2, -0.15) is 0 Å². The van der Waals surface area contributed by atoms with Crippen LogP contribution in [-0.4, -0.2) is 41.8 Å². The smallest absolute Gasteiger partial charge is 0.326 e. The van der Waals surface area contributed by atoms with Crippen molar-refractivity contribution < 1.29 is 28.6 Å². The van der Waals surface area contributed by atoms with Crippen molar-refractivity contribution in [3.05, 3.63) is 62.5 Å². The van der Waals surface area contributed by atoms with Crippen LogP contribution in [-0.2, 0) is 20.9 Å². The number of thioether (sulfide) groups is 1. The molecule has 1 saturated heterocycles. The van der Waals surface area contributed by atoms with Crippen LogP contribution >= 0.6 is 35.0 Å². The Morgan fingerprint density at radius 3 is 2.48 bits per heavy atom. The minimum atomic E-state index is -0.636. The van der Waals surface area contributed by atoms with Gasteiger partial charge >= 0.3 is 5.97 Å². The molecule has 0 saturated carbocycles. The second-order valence-electron chi connectivity index (χ2n) is 6.75. The van der Waals surface area contributed by atoms with Gasteiger partial charge in [0.05, 0.1) is 28.2 Å². The van der Waals surface area contributed by atoms with Crippen molar-refractivity contribution in [2.75, 3.05) is 19.8 Å². The molecule has 1 aliphatic rings. The molecule has 0 N–H and O–H groups in total. The highest BCUT2D eigenvalue weighted by Gasteiger charge is 2.36. The van der Waals surface area contributed by atoms with Gasteiger partial charge in [0.2, 0.25) is 0 Å². The van der Waals surface area contributed by atoms with Gasteiger partial charge in [0.25, 0.3) is 11.1 Å². The molecule has 2 aromatic rings. The number of rotatable bonds is 9. The summed E-state index contributed by atoms with van der Waals surface area (Å²) in [7, 11) is 0. The molecule has 0 spiro atoms. The van der Waals surface area contributed by atoms with Gasteiger partial charge in [-0.1, -0.05) is 35.3 Å². The molecule has 3 rings (SSSR count). The second kappa shape index (κ2) is 11.4. The predicted molar refractivity (Wildman–Crippen MR) is 128 cm³/mol. The molecule has 33 heavy (non-hydrogen) atoms. The number of hydrogen-bond donors (Lipinski definition) is 0. The average molecular weight is 510 g/mol. The molecule has 2 amide bonds. The lowest BCUT2D eigenvalue weighted by atomic mass is 10.1. The fourth-order valence-corrected chi connectivity index (χ4v) is 4.07. The van der Waals surface area contributed by atoms with E-state index in [1.165, 1.54) is 0 Å². The Balaban J connectivity index is 1.76. The van der Waals surface area contributed by atoms with Crippen molar-refractivity contribution in [3.63, 3.8) is 0 Å². The number of amides is 2. The Kier molecular flexibility index (Phi) is 8.66. The van der Waals surface area contributed by atoms with Gasteiger partial charge in [0, 0.05) is 0 Å². The van der Waals surface area contributed by atoms with Crippen molar-refractivity contribution in [2.24, 2.45) is 0 Å². The Hall–Kier alpha value is -2.68. The van der Waals surface area contributed by atoms with E-state index in [0.29, 0.717) is 33.7 Å². The Labute approximate surface area is 205 Å². The number of hydrogen-bond acceptors (Lipinski definition) is 7. The fraction of sp³-hybridized carbons (Fsp3) is 0.261. The summed E-state index contributed by atoms with van der Waals surface area (Å²) >= 11 is 12.8. The normalized spacial score (nSPS) is 14.7. The number of ether oxygens (including phenoxy) is 3. The minimum absolute atomic E-state index is 0.171. The molecular formula is C23H21Cl2NO6S. The monoisotopic (exact) mass is 509 g/mol.